The van der Waals surface area contributed by atoms with Crippen LogP contribution in [0.25, 0.3) is 11.4 Å². The largest absolute Gasteiger partial charge is 0.378 e. The van der Waals surface area contributed by atoms with Gasteiger partial charge in [-0.25, -0.2) is 15.4 Å². The van der Waals surface area contributed by atoms with Crippen molar-refractivity contribution in [3.63, 3.8) is 0 Å². The number of hydrogen-bond acceptors (Lipinski definition) is 12. The lowest BCUT2D eigenvalue weighted by atomic mass is 10.1. The molecule has 13 heteroatoms. The Morgan fingerprint density at radius 3 is 2.45 bits per heavy atom. The van der Waals surface area contributed by atoms with E-state index in [2.05, 4.69) is 94.6 Å². The van der Waals surface area contributed by atoms with E-state index in [4.69, 9.17) is 19.9 Å². The molecule has 1 aromatic carbocycles. The summed E-state index contributed by atoms with van der Waals surface area (Å²) in [6.07, 6.45) is 9.02. The molecular formula is C34H48N10O3. The molecule has 3 rings (SSSR count). The van der Waals surface area contributed by atoms with Crippen molar-refractivity contribution in [2.75, 3.05) is 87.9 Å². The van der Waals surface area contributed by atoms with Crippen LogP contribution in [0.4, 0.5) is 23.0 Å². The van der Waals surface area contributed by atoms with E-state index in [0.717, 1.165) is 30.2 Å². The highest BCUT2D eigenvalue weighted by Gasteiger charge is 2.23. The van der Waals surface area contributed by atoms with E-state index < -0.39 is 5.91 Å². The van der Waals surface area contributed by atoms with Crippen LogP contribution in [0, 0.1) is 0 Å². The first-order valence-corrected chi connectivity index (χ1v) is 15.5. The highest BCUT2D eigenvalue weighted by atomic mass is 16.5. The number of morpholine rings is 1. The number of likely N-dealkylation sites (N-methyl/N-ethyl adjacent to an activating group) is 2. The number of aliphatic imine (C=N–C) groups is 3. The van der Waals surface area contributed by atoms with Crippen LogP contribution < -0.4 is 20.2 Å². The van der Waals surface area contributed by atoms with Crippen molar-refractivity contribution in [3.05, 3.63) is 59.8 Å². The molecule has 1 amide bonds. The van der Waals surface area contributed by atoms with Crippen LogP contribution >= 0.6 is 0 Å². The van der Waals surface area contributed by atoms with Crippen LogP contribution in [0.3, 0.4) is 0 Å². The number of carbonyl (C=O) groups excluding carboxylic acids is 1. The normalized spacial score (nSPS) is 13.7. The summed E-state index contributed by atoms with van der Waals surface area (Å²) in [4.78, 5) is 42.6. The molecule has 47 heavy (non-hydrogen) atoms. The summed E-state index contributed by atoms with van der Waals surface area (Å²) in [6.45, 7) is 19.2. The molecule has 0 radical (unpaired) electrons. The third-order valence-electron chi connectivity index (χ3n) is 7.41. The van der Waals surface area contributed by atoms with Gasteiger partial charge in [0.2, 0.25) is 0 Å². The molecule has 0 spiro atoms. The monoisotopic (exact) mass is 644 g/mol. The summed E-state index contributed by atoms with van der Waals surface area (Å²) in [5, 5.41) is 8.91. The maximum absolute atomic E-state index is 11.7. The molecule has 0 bridgehead atoms. The highest BCUT2D eigenvalue weighted by Crippen LogP contribution is 2.37. The molecule has 0 atom stereocenters. The molecule has 2 N–H and O–H groups in total. The Balaban J connectivity index is 1.89. The molecular weight excluding hydrogens is 596 g/mol. The lowest BCUT2D eigenvalue weighted by molar-refractivity contribution is -0.124. The Morgan fingerprint density at radius 2 is 1.83 bits per heavy atom. The van der Waals surface area contributed by atoms with Crippen LogP contribution in [-0.4, -0.2) is 119 Å². The van der Waals surface area contributed by atoms with Crippen molar-refractivity contribution in [3.8, 4) is 11.4 Å². The number of hydroxylamine groups is 1. The molecule has 2 heterocycles. The van der Waals surface area contributed by atoms with Gasteiger partial charge in [-0.1, -0.05) is 23.8 Å². The van der Waals surface area contributed by atoms with Gasteiger partial charge in [-0.15, -0.1) is 0 Å². The Bertz CT molecular complexity index is 1460. The number of benzene rings is 1. The average Bonchev–Trinajstić information content (AvgIpc) is 3.09. The van der Waals surface area contributed by atoms with Crippen LogP contribution in [0.1, 0.15) is 20.8 Å². The maximum atomic E-state index is 11.7. The minimum atomic E-state index is -0.715. The predicted molar refractivity (Wildman–Crippen MR) is 193 cm³/mol. The fraction of sp³-hybridized carbons (Fsp3) is 0.412. The second kappa shape index (κ2) is 19.1. The van der Waals surface area contributed by atoms with Gasteiger partial charge in [0.1, 0.15) is 5.69 Å². The first-order chi connectivity index (χ1) is 22.7. The van der Waals surface area contributed by atoms with E-state index in [1.807, 2.05) is 30.8 Å². The minimum absolute atomic E-state index is 0.0882. The predicted octanol–water partition coefficient (Wildman–Crippen LogP) is 4.15. The summed E-state index contributed by atoms with van der Waals surface area (Å²) in [6, 6.07) is 8.36. The number of hydrogen-bond donors (Lipinski definition) is 2. The molecule has 0 saturated carbocycles. The fourth-order valence-electron chi connectivity index (χ4n) is 4.69. The number of ether oxygens (including phenoxy) is 1. The zero-order valence-corrected chi connectivity index (χ0v) is 28.3. The van der Waals surface area contributed by atoms with Crippen molar-refractivity contribution >= 4 is 48.6 Å². The number of rotatable bonds is 17. The number of nitrogens with one attached hydrogen (secondary N) is 1. The van der Waals surface area contributed by atoms with Gasteiger partial charge in [0.15, 0.2) is 17.5 Å². The Labute approximate surface area is 278 Å². The number of amides is 1. The van der Waals surface area contributed by atoms with Gasteiger partial charge >= 0.3 is 0 Å². The van der Waals surface area contributed by atoms with Gasteiger partial charge in [0.25, 0.3) is 5.91 Å². The Kier molecular flexibility index (Phi) is 14.9. The molecule has 0 unspecified atom stereocenters. The Morgan fingerprint density at radius 1 is 1.11 bits per heavy atom. The third-order valence-corrected chi connectivity index (χ3v) is 7.41. The molecule has 13 nitrogen and oxygen atoms in total. The molecule has 1 aliphatic rings. The molecule has 1 fully saturated rings. The van der Waals surface area contributed by atoms with Gasteiger partial charge in [-0.2, -0.15) is 0 Å². The topological polar surface area (TPSA) is 134 Å². The van der Waals surface area contributed by atoms with Crippen molar-refractivity contribution in [1.29, 1.82) is 0 Å². The Hall–Kier alpha value is -4.72. The van der Waals surface area contributed by atoms with E-state index >= 15 is 0 Å². The molecule has 1 aliphatic heterocycles. The quantitative estimate of drug-likeness (QED) is 0.0857. The lowest BCUT2D eigenvalue weighted by Gasteiger charge is -2.31. The average molecular weight is 645 g/mol. The van der Waals surface area contributed by atoms with Crippen molar-refractivity contribution in [2.24, 2.45) is 15.0 Å². The van der Waals surface area contributed by atoms with Crippen LogP contribution in [0.2, 0.25) is 0 Å². The number of allylic oxidation sites excluding steroid dienone is 2. The molecule has 1 aromatic heterocycles. The highest BCUT2D eigenvalue weighted by molar-refractivity contribution is 6.11. The molecule has 0 aliphatic carbocycles. The number of nitrogens with zero attached hydrogens (tertiary/aromatic N) is 9. The van der Waals surface area contributed by atoms with Gasteiger partial charge < -0.3 is 19.4 Å². The number of anilines is 3. The van der Waals surface area contributed by atoms with Crippen molar-refractivity contribution in [1.82, 2.24) is 20.3 Å². The molecule has 2 aromatic rings. The zero-order chi connectivity index (χ0) is 34.2. The summed E-state index contributed by atoms with van der Waals surface area (Å²) in [7, 11) is 3.89. The van der Waals surface area contributed by atoms with Crippen LogP contribution in [-0.2, 0) is 9.53 Å². The molecule has 252 valence electrons. The summed E-state index contributed by atoms with van der Waals surface area (Å²) in [5.74, 6) is 1.29. The first-order valence-electron chi connectivity index (χ1n) is 15.5. The van der Waals surface area contributed by atoms with E-state index in [0.29, 0.717) is 63.4 Å². The summed E-state index contributed by atoms with van der Waals surface area (Å²) >= 11 is 0. The molecule has 1 saturated heterocycles. The SMILES string of the molecule is C=N/C=C(\C=N/CN(C)CCN(C)c1nc(-c2ccc(N(CC=C(C)C)C/C=C\C)cc2)nc(N2CCOCC2)c1N=C)C(=O)NO. The van der Waals surface area contributed by atoms with Gasteiger partial charge in [-0.05, 0) is 65.5 Å². The second-order valence-electron chi connectivity index (χ2n) is 11.3. The zero-order valence-electron chi connectivity index (χ0n) is 28.3. The second-order valence-corrected chi connectivity index (χ2v) is 11.3. The van der Waals surface area contributed by atoms with Crippen molar-refractivity contribution in [2.45, 2.75) is 20.8 Å². The summed E-state index contributed by atoms with van der Waals surface area (Å²) in [5.41, 5.74) is 5.58. The van der Waals surface area contributed by atoms with Gasteiger partial charge in [0.05, 0.1) is 25.5 Å². The van der Waals surface area contributed by atoms with Crippen molar-refractivity contribution < 1.29 is 14.7 Å². The standard InChI is InChI=1S/C34H48N10O3/c1-8-9-15-43(16-14-26(2)3)29-12-10-27(11-13-29)31-38-32(30(36-5)33(39-31)44-19-21-47-22-20-44)42(7)18-17-41(6)25-37-24-28(23-35-4)34(45)40-46/h8-14,23-24,46H,4-5,15-22,25H2,1-3,6-7H3,(H,40,45)/b9-8-,28-23+,37-24-. The lowest BCUT2D eigenvalue weighted by Crippen LogP contribution is -2.37. The first kappa shape index (κ1) is 36.7. The summed E-state index contributed by atoms with van der Waals surface area (Å²) < 4.78 is 5.61. The third kappa shape index (κ3) is 10.9. The van der Waals surface area contributed by atoms with E-state index in [-0.39, 0.29) is 5.57 Å². The van der Waals surface area contributed by atoms with Crippen LogP contribution in [0.5, 0.6) is 0 Å². The van der Waals surface area contributed by atoms with E-state index in [9.17, 15) is 4.79 Å². The van der Waals surface area contributed by atoms with E-state index in [1.54, 1.807) is 5.48 Å². The van der Waals surface area contributed by atoms with E-state index in [1.165, 1.54) is 18.0 Å². The van der Waals surface area contributed by atoms with Crippen LogP contribution in [0.15, 0.2) is 74.8 Å². The minimum Gasteiger partial charge on any atom is -0.378 e. The smallest absolute Gasteiger partial charge is 0.277 e. The number of aromatic nitrogens is 2. The van der Waals surface area contributed by atoms with Gasteiger partial charge in [-0.3, -0.25) is 29.9 Å². The fourth-order valence-corrected chi connectivity index (χ4v) is 4.69. The maximum Gasteiger partial charge on any atom is 0.277 e. The number of carbonyl (C=O) groups is 1. The van der Waals surface area contributed by atoms with Gasteiger partial charge in [0, 0.05) is 70.0 Å².